The van der Waals surface area contributed by atoms with Crippen LogP contribution in [-0.4, -0.2) is 30.0 Å². The SMILES string of the molecule is CC(C)Oc1ccc(C(=O)N2CCCC2)cc1N. The number of hydrogen-bond acceptors (Lipinski definition) is 3. The Kier molecular flexibility index (Phi) is 3.75. The molecule has 1 aromatic carbocycles. The van der Waals surface area contributed by atoms with Gasteiger partial charge in [-0.1, -0.05) is 0 Å². The number of nitrogen functional groups attached to an aromatic ring is 1. The molecule has 0 atom stereocenters. The minimum atomic E-state index is 0.0651. The Hall–Kier alpha value is -1.71. The molecule has 0 aromatic heterocycles. The number of hydrogen-bond donors (Lipinski definition) is 1. The summed E-state index contributed by atoms with van der Waals surface area (Å²) in [6.45, 7) is 5.59. The maximum absolute atomic E-state index is 12.2. The van der Waals surface area contributed by atoms with Crippen LogP contribution >= 0.6 is 0 Å². The van der Waals surface area contributed by atoms with Gasteiger partial charge < -0.3 is 15.4 Å². The van der Waals surface area contributed by atoms with Crippen molar-refractivity contribution in [2.24, 2.45) is 0 Å². The molecule has 18 heavy (non-hydrogen) atoms. The highest BCUT2D eigenvalue weighted by Crippen LogP contribution is 2.25. The summed E-state index contributed by atoms with van der Waals surface area (Å²) in [7, 11) is 0. The third-order valence-electron chi connectivity index (χ3n) is 3.01. The lowest BCUT2D eigenvalue weighted by molar-refractivity contribution is 0.0793. The molecule has 1 fully saturated rings. The highest BCUT2D eigenvalue weighted by Gasteiger charge is 2.20. The van der Waals surface area contributed by atoms with Gasteiger partial charge in [0.25, 0.3) is 5.91 Å². The molecule has 2 N–H and O–H groups in total. The number of nitrogens with two attached hydrogens (primary N) is 1. The minimum absolute atomic E-state index is 0.0651. The van der Waals surface area contributed by atoms with Gasteiger partial charge in [-0.3, -0.25) is 4.79 Å². The summed E-state index contributed by atoms with van der Waals surface area (Å²) in [5.74, 6) is 0.707. The van der Waals surface area contributed by atoms with Crippen LogP contribution in [0.2, 0.25) is 0 Å². The number of carbonyl (C=O) groups excluding carboxylic acids is 1. The number of rotatable bonds is 3. The molecule has 4 heteroatoms. The molecule has 4 nitrogen and oxygen atoms in total. The first-order valence-corrected chi connectivity index (χ1v) is 6.43. The molecule has 0 spiro atoms. The van der Waals surface area contributed by atoms with Crippen molar-refractivity contribution in [2.75, 3.05) is 18.8 Å². The first kappa shape index (κ1) is 12.7. The van der Waals surface area contributed by atoms with Gasteiger partial charge in [-0.05, 0) is 44.9 Å². The van der Waals surface area contributed by atoms with Gasteiger partial charge in [0.1, 0.15) is 5.75 Å². The fraction of sp³-hybridized carbons (Fsp3) is 0.500. The summed E-state index contributed by atoms with van der Waals surface area (Å²) in [5.41, 5.74) is 7.08. The summed E-state index contributed by atoms with van der Waals surface area (Å²) in [4.78, 5) is 14.0. The van der Waals surface area contributed by atoms with Crippen LogP contribution in [0, 0.1) is 0 Å². The molecular formula is C14H20N2O2. The standard InChI is InChI=1S/C14H20N2O2/c1-10(2)18-13-6-5-11(9-12(13)15)14(17)16-7-3-4-8-16/h5-6,9-10H,3-4,7-8,15H2,1-2H3. The van der Waals surface area contributed by atoms with Crippen LogP contribution < -0.4 is 10.5 Å². The van der Waals surface area contributed by atoms with Crippen LogP contribution in [0.3, 0.4) is 0 Å². The zero-order valence-electron chi connectivity index (χ0n) is 11.0. The molecule has 0 saturated carbocycles. The van der Waals surface area contributed by atoms with Gasteiger partial charge in [-0.15, -0.1) is 0 Å². The maximum Gasteiger partial charge on any atom is 0.253 e. The van der Waals surface area contributed by atoms with E-state index in [1.54, 1.807) is 18.2 Å². The third kappa shape index (κ3) is 2.75. The first-order valence-electron chi connectivity index (χ1n) is 6.43. The van der Waals surface area contributed by atoms with Crippen molar-refractivity contribution in [3.63, 3.8) is 0 Å². The van der Waals surface area contributed by atoms with E-state index in [1.165, 1.54) is 0 Å². The number of ether oxygens (including phenoxy) is 1. The number of carbonyl (C=O) groups is 1. The Morgan fingerprint density at radius 3 is 2.56 bits per heavy atom. The molecule has 0 aliphatic carbocycles. The summed E-state index contributed by atoms with van der Waals surface area (Å²) >= 11 is 0. The molecule has 1 aromatic rings. The lowest BCUT2D eigenvalue weighted by atomic mass is 10.1. The van der Waals surface area contributed by atoms with E-state index >= 15 is 0 Å². The molecular weight excluding hydrogens is 228 g/mol. The second-order valence-corrected chi connectivity index (χ2v) is 4.92. The van der Waals surface area contributed by atoms with E-state index < -0.39 is 0 Å². The van der Waals surface area contributed by atoms with Gasteiger partial charge in [0.15, 0.2) is 0 Å². The predicted octanol–water partition coefficient (Wildman–Crippen LogP) is 2.29. The van der Waals surface area contributed by atoms with E-state index in [0.717, 1.165) is 25.9 Å². The number of benzene rings is 1. The van der Waals surface area contributed by atoms with Crippen LogP contribution in [0.4, 0.5) is 5.69 Å². The summed E-state index contributed by atoms with van der Waals surface area (Å²) in [6, 6.07) is 5.27. The highest BCUT2D eigenvalue weighted by molar-refractivity contribution is 5.95. The van der Waals surface area contributed by atoms with Crippen LogP contribution in [-0.2, 0) is 0 Å². The van der Waals surface area contributed by atoms with Crippen LogP contribution in [0.25, 0.3) is 0 Å². The van der Waals surface area contributed by atoms with Crippen molar-refractivity contribution in [1.29, 1.82) is 0 Å². The van der Waals surface area contributed by atoms with E-state index in [1.807, 2.05) is 18.7 Å². The Morgan fingerprint density at radius 1 is 1.33 bits per heavy atom. The van der Waals surface area contributed by atoms with E-state index in [2.05, 4.69) is 0 Å². The van der Waals surface area contributed by atoms with E-state index in [-0.39, 0.29) is 12.0 Å². The molecule has 1 aliphatic rings. The normalized spacial score (nSPS) is 15.2. The van der Waals surface area contributed by atoms with Gasteiger partial charge in [0.2, 0.25) is 0 Å². The Morgan fingerprint density at radius 2 is 2.00 bits per heavy atom. The fourth-order valence-corrected chi connectivity index (χ4v) is 2.15. The number of likely N-dealkylation sites (tertiary alicyclic amines) is 1. The Labute approximate surface area is 108 Å². The Bertz CT molecular complexity index is 437. The molecule has 1 saturated heterocycles. The van der Waals surface area contributed by atoms with E-state index in [0.29, 0.717) is 17.0 Å². The molecule has 1 amide bonds. The molecule has 1 heterocycles. The fourth-order valence-electron chi connectivity index (χ4n) is 2.15. The maximum atomic E-state index is 12.2. The highest BCUT2D eigenvalue weighted by atomic mass is 16.5. The zero-order chi connectivity index (χ0) is 13.1. The van der Waals surface area contributed by atoms with Gasteiger partial charge in [-0.25, -0.2) is 0 Å². The molecule has 0 unspecified atom stereocenters. The average Bonchev–Trinajstić information content (AvgIpc) is 2.84. The van der Waals surface area contributed by atoms with E-state index in [9.17, 15) is 4.79 Å². The molecule has 1 aliphatic heterocycles. The molecule has 0 radical (unpaired) electrons. The van der Waals surface area contributed by atoms with Crippen LogP contribution in [0.1, 0.15) is 37.0 Å². The summed E-state index contributed by atoms with van der Waals surface area (Å²) in [6.07, 6.45) is 2.26. The van der Waals surface area contributed by atoms with Crippen molar-refractivity contribution in [1.82, 2.24) is 4.90 Å². The number of amides is 1. The molecule has 0 bridgehead atoms. The average molecular weight is 248 g/mol. The minimum Gasteiger partial charge on any atom is -0.489 e. The van der Waals surface area contributed by atoms with Crippen molar-refractivity contribution in [3.05, 3.63) is 23.8 Å². The quantitative estimate of drug-likeness (QED) is 0.835. The summed E-state index contributed by atoms with van der Waals surface area (Å²) < 4.78 is 5.56. The number of anilines is 1. The summed E-state index contributed by atoms with van der Waals surface area (Å²) in [5, 5.41) is 0. The van der Waals surface area contributed by atoms with Crippen LogP contribution in [0.15, 0.2) is 18.2 Å². The van der Waals surface area contributed by atoms with Crippen molar-refractivity contribution < 1.29 is 9.53 Å². The van der Waals surface area contributed by atoms with Gasteiger partial charge >= 0.3 is 0 Å². The van der Waals surface area contributed by atoms with Crippen LogP contribution in [0.5, 0.6) is 5.75 Å². The van der Waals surface area contributed by atoms with Crippen molar-refractivity contribution >= 4 is 11.6 Å². The number of nitrogens with zero attached hydrogens (tertiary/aromatic N) is 1. The second-order valence-electron chi connectivity index (χ2n) is 4.92. The van der Waals surface area contributed by atoms with E-state index in [4.69, 9.17) is 10.5 Å². The Balaban J connectivity index is 2.15. The smallest absolute Gasteiger partial charge is 0.253 e. The lowest BCUT2D eigenvalue weighted by Gasteiger charge is -2.17. The first-order chi connectivity index (χ1) is 8.58. The zero-order valence-corrected chi connectivity index (χ0v) is 11.0. The second kappa shape index (κ2) is 5.29. The van der Waals surface area contributed by atoms with Gasteiger partial charge in [0.05, 0.1) is 11.8 Å². The topological polar surface area (TPSA) is 55.6 Å². The van der Waals surface area contributed by atoms with Gasteiger partial charge in [0, 0.05) is 18.7 Å². The lowest BCUT2D eigenvalue weighted by Crippen LogP contribution is -2.27. The molecule has 2 rings (SSSR count). The largest absolute Gasteiger partial charge is 0.489 e. The predicted molar refractivity (Wildman–Crippen MR) is 71.8 cm³/mol. The third-order valence-corrected chi connectivity index (χ3v) is 3.01. The van der Waals surface area contributed by atoms with Gasteiger partial charge in [-0.2, -0.15) is 0 Å². The van der Waals surface area contributed by atoms with Crippen molar-refractivity contribution in [3.8, 4) is 5.75 Å². The van der Waals surface area contributed by atoms with Crippen molar-refractivity contribution in [2.45, 2.75) is 32.8 Å². The molecule has 98 valence electrons. The monoisotopic (exact) mass is 248 g/mol.